The van der Waals surface area contributed by atoms with Gasteiger partial charge in [-0.1, -0.05) is 6.92 Å². The van der Waals surface area contributed by atoms with Gasteiger partial charge in [0.2, 0.25) is 17.7 Å². The molecule has 8 atom stereocenters. The van der Waals surface area contributed by atoms with Gasteiger partial charge < -0.3 is 36.4 Å². The minimum Gasteiger partial charge on any atom is -0.477 e. The van der Waals surface area contributed by atoms with Gasteiger partial charge >= 0.3 is 5.97 Å². The molecule has 0 aromatic carbocycles. The molecule has 0 bridgehead atoms. The lowest BCUT2D eigenvalue weighted by molar-refractivity contribution is -0.158. The number of nitrogens with two attached hydrogens (primary N) is 1. The quantitative estimate of drug-likeness (QED) is 0.195. The van der Waals surface area contributed by atoms with Crippen LogP contribution in [0, 0.1) is 11.8 Å². The molecule has 212 valence electrons. The molecule has 39 heavy (non-hydrogen) atoms. The molecule has 5 rings (SSSR count). The number of hydrogen-bond donors (Lipinski definition) is 5. The molecule has 1 aromatic heterocycles. The van der Waals surface area contributed by atoms with E-state index in [9.17, 15) is 29.4 Å². The van der Waals surface area contributed by atoms with Crippen molar-refractivity contribution in [2.45, 2.75) is 68.7 Å². The van der Waals surface area contributed by atoms with Crippen molar-refractivity contribution in [1.29, 1.82) is 0 Å². The Hall–Kier alpha value is -3.08. The molecule has 5 heterocycles. The average Bonchev–Trinajstić information content (AvgIpc) is 3.67. The molecule has 0 radical (unpaired) electrons. The van der Waals surface area contributed by atoms with Crippen molar-refractivity contribution < 1.29 is 29.4 Å². The largest absolute Gasteiger partial charge is 0.477 e. The third kappa shape index (κ3) is 5.01. The van der Waals surface area contributed by atoms with Gasteiger partial charge in [-0.3, -0.25) is 14.4 Å². The number of rotatable bonds is 9. The number of amides is 3. The number of carbonyl (C=O) groups is 4. The lowest BCUT2D eigenvalue weighted by atomic mass is 9.78. The lowest BCUT2D eigenvalue weighted by Crippen LogP contribution is -2.66. The number of nitrogens with zero attached hydrogens (tertiary/aromatic N) is 6. The first-order valence-corrected chi connectivity index (χ1v) is 13.9. The van der Waals surface area contributed by atoms with Crippen LogP contribution in [0.25, 0.3) is 0 Å². The molecule has 0 saturated carbocycles. The first-order valence-electron chi connectivity index (χ1n) is 13.0. The number of carboxylic acids is 1. The van der Waals surface area contributed by atoms with Crippen molar-refractivity contribution in [1.82, 2.24) is 40.6 Å². The molecular weight excluding hydrogens is 530 g/mol. The normalized spacial score (nSPS) is 32.8. The molecule has 4 aliphatic rings. The SMILES string of the molecule is CC(NC(=O)Cn1cnnn1)[C@H]1C(=O)N2C(C(=O)O)=C(S[C@@H]3CN[C@H](C(=O)N4C[C@H](N)C[C@@H]4CO)C3)[C@H](C)[C@H]12. The van der Waals surface area contributed by atoms with Gasteiger partial charge in [0.05, 0.1) is 30.7 Å². The van der Waals surface area contributed by atoms with Crippen molar-refractivity contribution >= 4 is 35.5 Å². The summed E-state index contributed by atoms with van der Waals surface area (Å²) >= 11 is 1.39. The summed E-state index contributed by atoms with van der Waals surface area (Å²) < 4.78 is 1.27. The number of fused-ring (bicyclic) bond motifs is 1. The third-order valence-corrected chi connectivity index (χ3v) is 9.55. The van der Waals surface area contributed by atoms with Gasteiger partial charge in [-0.25, -0.2) is 9.48 Å². The number of thioether (sulfide) groups is 1. The molecular formula is C23H33N9O6S. The van der Waals surface area contributed by atoms with E-state index in [1.807, 2.05) is 6.92 Å². The Kier molecular flexibility index (Phi) is 7.63. The number of aliphatic hydroxyl groups excluding tert-OH is 1. The second-order valence-corrected chi connectivity index (χ2v) is 12.0. The highest BCUT2D eigenvalue weighted by Crippen LogP contribution is 2.51. The van der Waals surface area contributed by atoms with Gasteiger partial charge in [0.1, 0.15) is 18.6 Å². The second kappa shape index (κ2) is 10.8. The van der Waals surface area contributed by atoms with Crippen LogP contribution in [0.15, 0.2) is 16.9 Å². The van der Waals surface area contributed by atoms with Gasteiger partial charge in [-0.05, 0) is 30.2 Å². The van der Waals surface area contributed by atoms with Crippen LogP contribution < -0.4 is 16.4 Å². The number of hydrogen-bond acceptors (Lipinski definition) is 11. The number of likely N-dealkylation sites (tertiary alicyclic amines) is 1. The molecule has 0 aliphatic carbocycles. The Labute approximate surface area is 228 Å². The van der Waals surface area contributed by atoms with Crippen LogP contribution in [0.4, 0.5) is 0 Å². The summed E-state index contributed by atoms with van der Waals surface area (Å²) in [5.74, 6) is -2.81. The minimum absolute atomic E-state index is 0.0217. The molecule has 16 heteroatoms. The predicted octanol–water partition coefficient (Wildman–Crippen LogP) is -2.67. The Morgan fingerprint density at radius 3 is 2.77 bits per heavy atom. The van der Waals surface area contributed by atoms with E-state index < -0.39 is 30.0 Å². The van der Waals surface area contributed by atoms with Crippen LogP contribution in [0.5, 0.6) is 0 Å². The number of nitrogens with one attached hydrogen (secondary N) is 2. The summed E-state index contributed by atoms with van der Waals surface area (Å²) in [5.41, 5.74) is 5.98. The number of β-lactam (4-membered cyclic amide) rings is 1. The zero-order chi connectivity index (χ0) is 28.0. The Bertz CT molecular complexity index is 1180. The predicted molar refractivity (Wildman–Crippen MR) is 136 cm³/mol. The summed E-state index contributed by atoms with van der Waals surface area (Å²) in [5, 5.41) is 36.3. The maximum absolute atomic E-state index is 13.1. The third-order valence-electron chi connectivity index (χ3n) is 8.04. The maximum atomic E-state index is 13.1. The van der Waals surface area contributed by atoms with Crippen LogP contribution in [0.1, 0.15) is 26.7 Å². The van der Waals surface area contributed by atoms with Gasteiger partial charge in [0.15, 0.2) is 0 Å². The van der Waals surface area contributed by atoms with Crippen LogP contribution in [0.2, 0.25) is 0 Å². The highest BCUT2D eigenvalue weighted by molar-refractivity contribution is 8.03. The summed E-state index contributed by atoms with van der Waals surface area (Å²) in [6, 6.07) is -1.82. The van der Waals surface area contributed by atoms with Gasteiger partial charge in [0.25, 0.3) is 0 Å². The molecule has 3 saturated heterocycles. The maximum Gasteiger partial charge on any atom is 0.353 e. The first-order chi connectivity index (χ1) is 18.6. The zero-order valence-corrected chi connectivity index (χ0v) is 22.5. The summed E-state index contributed by atoms with van der Waals surface area (Å²) in [6.07, 6.45) is 2.36. The summed E-state index contributed by atoms with van der Waals surface area (Å²) in [4.78, 5) is 54.6. The van der Waals surface area contributed by atoms with Crippen molar-refractivity contribution in [3.05, 3.63) is 16.9 Å². The first kappa shape index (κ1) is 27.5. The summed E-state index contributed by atoms with van der Waals surface area (Å²) in [6.45, 7) is 4.29. The number of carbonyl (C=O) groups excluding carboxylic acids is 3. The van der Waals surface area contributed by atoms with E-state index in [1.54, 1.807) is 11.8 Å². The van der Waals surface area contributed by atoms with Crippen LogP contribution >= 0.6 is 11.8 Å². The van der Waals surface area contributed by atoms with Crippen LogP contribution in [0.3, 0.4) is 0 Å². The Balaban J connectivity index is 1.23. The molecule has 0 spiro atoms. The number of tetrazole rings is 1. The minimum atomic E-state index is -1.18. The number of aliphatic hydroxyl groups is 1. The number of carboxylic acid groups (broad SMARTS) is 1. The second-order valence-electron chi connectivity index (χ2n) is 10.7. The van der Waals surface area contributed by atoms with Gasteiger partial charge in [0, 0.05) is 41.2 Å². The van der Waals surface area contributed by atoms with E-state index in [0.717, 1.165) is 0 Å². The fourth-order valence-electron chi connectivity index (χ4n) is 6.24. The van der Waals surface area contributed by atoms with Gasteiger partial charge in [-0.2, -0.15) is 0 Å². The summed E-state index contributed by atoms with van der Waals surface area (Å²) in [7, 11) is 0. The standard InChI is InChI=1S/C23H33N9O6S/c1-10-18-17(11(2)27-16(34)7-30-9-26-28-29-30)22(36)32(18)19(23(37)38)20(10)39-14-4-15(25-5-14)21(35)31-6-12(24)3-13(31)8-33/h9-15,17-18,25,33H,3-8,24H2,1-2H3,(H,27,34)(H,37,38)/t10-,11?,12-,13-,14+,15+,17-,18-/m1/s1. The molecule has 1 unspecified atom stereocenters. The highest BCUT2D eigenvalue weighted by atomic mass is 32.2. The molecule has 3 fully saturated rings. The van der Waals surface area contributed by atoms with Crippen molar-refractivity contribution in [2.24, 2.45) is 17.6 Å². The molecule has 3 amide bonds. The van der Waals surface area contributed by atoms with E-state index in [0.29, 0.717) is 30.8 Å². The fraction of sp³-hybridized carbons (Fsp3) is 0.696. The number of aliphatic carboxylic acids is 1. The van der Waals surface area contributed by atoms with Crippen molar-refractivity contribution in [2.75, 3.05) is 19.7 Å². The number of aromatic nitrogens is 4. The average molecular weight is 564 g/mol. The molecule has 6 N–H and O–H groups in total. The Morgan fingerprint density at radius 1 is 1.33 bits per heavy atom. The smallest absolute Gasteiger partial charge is 0.353 e. The lowest BCUT2D eigenvalue weighted by Gasteiger charge is -2.47. The van der Waals surface area contributed by atoms with Gasteiger partial charge in [-0.15, -0.1) is 16.9 Å². The molecule has 1 aromatic rings. The topological polar surface area (TPSA) is 209 Å². The fourth-order valence-corrected chi connectivity index (χ4v) is 7.72. The zero-order valence-electron chi connectivity index (χ0n) is 21.6. The monoisotopic (exact) mass is 563 g/mol. The van der Waals surface area contributed by atoms with Crippen LogP contribution in [-0.2, 0) is 25.7 Å². The Morgan fingerprint density at radius 2 is 2.10 bits per heavy atom. The van der Waals surface area contributed by atoms with E-state index >= 15 is 0 Å². The van der Waals surface area contributed by atoms with E-state index in [2.05, 4.69) is 26.2 Å². The molecule has 4 aliphatic heterocycles. The van der Waals surface area contributed by atoms with E-state index in [4.69, 9.17) is 5.73 Å². The molecule has 15 nitrogen and oxygen atoms in total. The highest BCUT2D eigenvalue weighted by Gasteiger charge is 2.60. The van der Waals surface area contributed by atoms with E-state index in [-0.39, 0.29) is 59.8 Å². The van der Waals surface area contributed by atoms with Crippen LogP contribution in [-0.4, -0.2) is 119 Å². The van der Waals surface area contributed by atoms with E-state index in [1.165, 1.54) is 27.7 Å². The van der Waals surface area contributed by atoms with Crippen molar-refractivity contribution in [3.8, 4) is 0 Å². The van der Waals surface area contributed by atoms with Crippen molar-refractivity contribution in [3.63, 3.8) is 0 Å².